The molecule has 4 rings (SSSR count). The molecule has 0 spiro atoms. The maximum absolute atomic E-state index is 13.0. The summed E-state index contributed by atoms with van der Waals surface area (Å²) in [5, 5.41) is 8.46. The van der Waals surface area contributed by atoms with Crippen molar-refractivity contribution in [3.63, 3.8) is 0 Å². The Labute approximate surface area is 200 Å². The number of aromatic nitrogens is 1. The second-order valence-electron chi connectivity index (χ2n) is 10.3. The Morgan fingerprint density at radius 1 is 0.853 bits per heavy atom. The van der Waals surface area contributed by atoms with Crippen LogP contribution in [0.2, 0.25) is 0 Å². The number of benzene rings is 1. The van der Waals surface area contributed by atoms with Crippen molar-refractivity contribution >= 4 is 17.7 Å². The minimum Gasteiger partial charge on any atom is -0.439 e. The molecule has 1 aromatic heterocycles. The largest absolute Gasteiger partial charge is 0.439 e. The number of nitrogens with zero attached hydrogens (tertiary/aromatic N) is 1. The van der Waals surface area contributed by atoms with E-state index in [0.29, 0.717) is 24.5 Å². The molecular formula is C26H34N4O4. The summed E-state index contributed by atoms with van der Waals surface area (Å²) in [6.07, 6.45) is 2.68. The van der Waals surface area contributed by atoms with E-state index in [0.717, 1.165) is 11.1 Å². The van der Waals surface area contributed by atoms with Crippen molar-refractivity contribution in [1.82, 2.24) is 20.9 Å². The first-order chi connectivity index (χ1) is 15.8. The monoisotopic (exact) mass is 466 g/mol. The molecule has 2 aliphatic heterocycles. The molecule has 0 radical (unpaired) electrons. The molecule has 4 bridgehead atoms. The Morgan fingerprint density at radius 2 is 1.50 bits per heavy atom. The van der Waals surface area contributed by atoms with Crippen molar-refractivity contribution in [2.45, 2.75) is 72.0 Å². The van der Waals surface area contributed by atoms with Crippen LogP contribution in [0.1, 0.15) is 52.7 Å². The summed E-state index contributed by atoms with van der Waals surface area (Å²) in [7, 11) is 0. The van der Waals surface area contributed by atoms with Crippen LogP contribution in [-0.2, 0) is 27.2 Å². The van der Waals surface area contributed by atoms with E-state index < -0.39 is 28.9 Å². The molecule has 0 fully saturated rings. The van der Waals surface area contributed by atoms with Gasteiger partial charge in [-0.05, 0) is 69.9 Å². The topological polar surface area (TPSA) is 109 Å². The van der Waals surface area contributed by atoms with Gasteiger partial charge < -0.3 is 20.7 Å². The zero-order chi connectivity index (χ0) is 25.1. The van der Waals surface area contributed by atoms with Crippen molar-refractivity contribution in [2.24, 2.45) is 5.41 Å². The van der Waals surface area contributed by atoms with Crippen LogP contribution < -0.4 is 20.7 Å². The average molecular weight is 467 g/mol. The van der Waals surface area contributed by atoms with Crippen molar-refractivity contribution in [2.75, 3.05) is 0 Å². The predicted octanol–water partition coefficient (Wildman–Crippen LogP) is 2.90. The van der Waals surface area contributed by atoms with E-state index in [1.807, 2.05) is 64.1 Å². The van der Waals surface area contributed by atoms with Gasteiger partial charge in [-0.3, -0.25) is 14.4 Å². The summed E-state index contributed by atoms with van der Waals surface area (Å²) in [6, 6.07) is 9.74. The molecule has 0 saturated heterocycles. The van der Waals surface area contributed by atoms with Crippen molar-refractivity contribution in [3.8, 4) is 11.6 Å². The lowest BCUT2D eigenvalue weighted by molar-refractivity contribution is -0.135. The Hall–Kier alpha value is -3.42. The van der Waals surface area contributed by atoms with Crippen LogP contribution in [0.15, 0.2) is 42.6 Å². The molecule has 0 unspecified atom stereocenters. The summed E-state index contributed by atoms with van der Waals surface area (Å²) in [6.45, 7) is 10.7. The number of ether oxygens (including phenoxy) is 1. The number of hydrogen-bond donors (Lipinski definition) is 3. The Morgan fingerprint density at radius 3 is 2.18 bits per heavy atom. The molecule has 34 heavy (non-hydrogen) atoms. The zero-order valence-corrected chi connectivity index (χ0v) is 20.7. The molecule has 2 aliphatic rings. The fraction of sp³-hybridized carbons (Fsp3) is 0.462. The highest BCUT2D eigenvalue weighted by Gasteiger charge is 2.32. The summed E-state index contributed by atoms with van der Waals surface area (Å²) in [5.41, 5.74) is 0.589. The Bertz CT molecular complexity index is 1060. The molecule has 0 aliphatic carbocycles. The number of amides is 3. The maximum atomic E-state index is 13.0. The summed E-state index contributed by atoms with van der Waals surface area (Å²) < 4.78 is 5.93. The van der Waals surface area contributed by atoms with Gasteiger partial charge in [0.2, 0.25) is 23.6 Å². The molecule has 182 valence electrons. The van der Waals surface area contributed by atoms with Crippen molar-refractivity contribution in [1.29, 1.82) is 0 Å². The summed E-state index contributed by atoms with van der Waals surface area (Å²) >= 11 is 0. The SMILES string of the molecule is C[C@@H]1NC(=O)[C@H](C)NC(=O)C(C)(C)Cc2ccnc(c2)Oc2ccc(cc2)CC(C)(C)NC1=O. The van der Waals surface area contributed by atoms with Gasteiger partial charge in [-0.15, -0.1) is 0 Å². The van der Waals surface area contributed by atoms with E-state index >= 15 is 0 Å². The quantitative estimate of drug-likeness (QED) is 0.517. The standard InChI is InChI=1S/C26H34N4O4/c1-16-22(31)28-17(2)23(32)30-26(5,6)15-18-7-9-20(10-8-18)34-21-13-19(11-12-27-21)14-25(3,4)24(33)29-16/h7-13,16-17H,14-15H2,1-6H3,(H,28,31)(H,29,33)(H,30,32)/t16-,17-/m0/s1. The fourth-order valence-corrected chi connectivity index (χ4v) is 3.86. The highest BCUT2D eigenvalue weighted by molar-refractivity contribution is 5.92. The van der Waals surface area contributed by atoms with E-state index in [-0.39, 0.29) is 11.8 Å². The van der Waals surface area contributed by atoms with Gasteiger partial charge >= 0.3 is 0 Å². The van der Waals surface area contributed by atoms with Gasteiger partial charge in [-0.25, -0.2) is 4.98 Å². The molecule has 8 nitrogen and oxygen atoms in total. The lowest BCUT2D eigenvalue weighted by Gasteiger charge is -2.29. The minimum absolute atomic E-state index is 0.266. The van der Waals surface area contributed by atoms with Crippen LogP contribution in [0.25, 0.3) is 0 Å². The Kier molecular flexibility index (Phi) is 7.29. The molecule has 1 aromatic carbocycles. The van der Waals surface area contributed by atoms with Crippen LogP contribution in [-0.4, -0.2) is 40.3 Å². The third kappa shape index (κ3) is 6.56. The molecule has 2 atom stereocenters. The van der Waals surface area contributed by atoms with Crippen LogP contribution in [0.5, 0.6) is 11.6 Å². The van der Waals surface area contributed by atoms with Crippen LogP contribution in [0.4, 0.5) is 0 Å². The number of hydrogen-bond acceptors (Lipinski definition) is 5. The first-order valence-electron chi connectivity index (χ1n) is 11.5. The summed E-state index contributed by atoms with van der Waals surface area (Å²) in [4.78, 5) is 42.6. The van der Waals surface area contributed by atoms with Gasteiger partial charge in [0.15, 0.2) is 0 Å². The molecule has 0 saturated carbocycles. The highest BCUT2D eigenvalue weighted by atomic mass is 16.5. The molecule has 3 N–H and O–H groups in total. The lowest BCUT2D eigenvalue weighted by atomic mass is 9.85. The highest BCUT2D eigenvalue weighted by Crippen LogP contribution is 2.26. The minimum atomic E-state index is -0.796. The van der Waals surface area contributed by atoms with Crippen LogP contribution in [0.3, 0.4) is 0 Å². The third-order valence-corrected chi connectivity index (χ3v) is 5.81. The predicted molar refractivity (Wildman–Crippen MR) is 129 cm³/mol. The van der Waals surface area contributed by atoms with E-state index in [9.17, 15) is 14.4 Å². The van der Waals surface area contributed by atoms with Gasteiger partial charge in [-0.1, -0.05) is 26.0 Å². The zero-order valence-electron chi connectivity index (χ0n) is 20.7. The number of carbonyl (C=O) groups excluding carboxylic acids is 3. The van der Waals surface area contributed by atoms with E-state index in [2.05, 4.69) is 20.9 Å². The van der Waals surface area contributed by atoms with Gasteiger partial charge in [0.1, 0.15) is 17.8 Å². The van der Waals surface area contributed by atoms with Gasteiger partial charge in [0.25, 0.3) is 0 Å². The van der Waals surface area contributed by atoms with Crippen LogP contribution in [0, 0.1) is 5.41 Å². The van der Waals surface area contributed by atoms with Crippen molar-refractivity contribution < 1.29 is 19.1 Å². The molecule has 8 heteroatoms. The normalized spacial score (nSPS) is 23.2. The van der Waals surface area contributed by atoms with E-state index in [1.54, 1.807) is 20.0 Å². The number of pyridine rings is 1. The molecule has 3 amide bonds. The van der Waals surface area contributed by atoms with E-state index in [4.69, 9.17) is 4.74 Å². The number of rotatable bonds is 0. The van der Waals surface area contributed by atoms with E-state index in [1.165, 1.54) is 0 Å². The fourth-order valence-electron chi connectivity index (χ4n) is 3.86. The summed E-state index contributed by atoms with van der Waals surface area (Å²) in [5.74, 6) is 0.0972. The second kappa shape index (κ2) is 9.83. The smallest absolute Gasteiger partial charge is 0.242 e. The lowest BCUT2D eigenvalue weighted by Crippen LogP contribution is -2.56. The van der Waals surface area contributed by atoms with Gasteiger partial charge in [0, 0.05) is 23.2 Å². The average Bonchev–Trinajstić information content (AvgIpc) is 2.73. The Balaban J connectivity index is 1.92. The second-order valence-corrected chi connectivity index (χ2v) is 10.3. The first kappa shape index (κ1) is 25.2. The first-order valence-corrected chi connectivity index (χ1v) is 11.5. The van der Waals surface area contributed by atoms with Crippen molar-refractivity contribution in [3.05, 3.63) is 53.7 Å². The number of carbonyl (C=O) groups is 3. The van der Waals surface area contributed by atoms with Gasteiger partial charge in [-0.2, -0.15) is 0 Å². The van der Waals surface area contributed by atoms with Crippen LogP contribution >= 0.6 is 0 Å². The third-order valence-electron chi connectivity index (χ3n) is 5.81. The molecular weight excluding hydrogens is 432 g/mol. The maximum Gasteiger partial charge on any atom is 0.242 e. The number of nitrogens with one attached hydrogen (secondary N) is 3. The van der Waals surface area contributed by atoms with Gasteiger partial charge in [0.05, 0.1) is 0 Å². The molecule has 2 aromatic rings. The molecule has 3 heterocycles. The number of fused-ring (bicyclic) bond motifs is 13.